The minimum Gasteiger partial charge on any atom is -0.486 e. The molecule has 0 saturated heterocycles. The molecule has 3 nitrogen and oxygen atoms in total. The molecule has 3 rings (SSSR count). The lowest BCUT2D eigenvalue weighted by molar-refractivity contribution is 0.171. The first-order chi connectivity index (χ1) is 8.86. The third kappa shape index (κ3) is 2.21. The topological polar surface area (TPSA) is 30.5 Å². The molecule has 0 saturated carbocycles. The van der Waals surface area contributed by atoms with E-state index in [1.165, 1.54) is 16.0 Å². The van der Waals surface area contributed by atoms with Gasteiger partial charge in [-0.25, -0.2) is 0 Å². The Balaban J connectivity index is 1.91. The zero-order valence-corrected chi connectivity index (χ0v) is 11.0. The molecule has 0 radical (unpaired) electrons. The fraction of sp³-hybridized carbons (Fsp3) is 0.286. The summed E-state index contributed by atoms with van der Waals surface area (Å²) in [6.45, 7) is 2.17. The number of benzene rings is 1. The summed E-state index contributed by atoms with van der Waals surface area (Å²) in [5.41, 5.74) is 2.50. The van der Waals surface area contributed by atoms with Crippen LogP contribution in [0.4, 0.5) is 0 Å². The van der Waals surface area contributed by atoms with E-state index in [4.69, 9.17) is 9.47 Å². The molecule has 18 heavy (non-hydrogen) atoms. The number of hydrogen-bond acceptors (Lipinski definition) is 4. The van der Waals surface area contributed by atoms with Crippen LogP contribution in [0, 0.1) is 0 Å². The van der Waals surface area contributed by atoms with E-state index in [0.29, 0.717) is 13.2 Å². The first-order valence-electron chi connectivity index (χ1n) is 5.99. The molecule has 0 atom stereocenters. The van der Waals surface area contributed by atoms with Crippen molar-refractivity contribution in [2.24, 2.45) is 0 Å². The smallest absolute Gasteiger partial charge is 0.162 e. The Kier molecular flexibility index (Phi) is 3.21. The molecule has 94 valence electrons. The summed E-state index contributed by atoms with van der Waals surface area (Å²) in [5.74, 6) is 1.69. The molecule has 0 fully saturated rings. The van der Waals surface area contributed by atoms with Gasteiger partial charge in [-0.3, -0.25) is 0 Å². The summed E-state index contributed by atoms with van der Waals surface area (Å²) < 4.78 is 11.1. The maximum absolute atomic E-state index is 5.61. The van der Waals surface area contributed by atoms with Gasteiger partial charge in [-0.2, -0.15) is 0 Å². The molecule has 0 bridgehead atoms. The fourth-order valence-corrected chi connectivity index (χ4v) is 2.93. The van der Waals surface area contributed by atoms with Gasteiger partial charge in [0.05, 0.1) is 0 Å². The van der Waals surface area contributed by atoms with Crippen molar-refractivity contribution in [1.82, 2.24) is 5.32 Å². The van der Waals surface area contributed by atoms with Gasteiger partial charge in [0, 0.05) is 11.4 Å². The van der Waals surface area contributed by atoms with Gasteiger partial charge >= 0.3 is 0 Å². The van der Waals surface area contributed by atoms with E-state index < -0.39 is 0 Å². The monoisotopic (exact) mass is 261 g/mol. The van der Waals surface area contributed by atoms with E-state index in [2.05, 4.69) is 28.9 Å². The number of ether oxygens (including phenoxy) is 2. The third-order valence-corrected chi connectivity index (χ3v) is 3.89. The van der Waals surface area contributed by atoms with Crippen LogP contribution in [-0.4, -0.2) is 20.3 Å². The van der Waals surface area contributed by atoms with Crippen LogP contribution in [0.1, 0.15) is 5.56 Å². The van der Waals surface area contributed by atoms with E-state index in [1.807, 2.05) is 13.1 Å². The Morgan fingerprint density at radius 2 is 2.00 bits per heavy atom. The van der Waals surface area contributed by atoms with Gasteiger partial charge in [0.2, 0.25) is 0 Å². The number of rotatable bonds is 3. The lowest BCUT2D eigenvalue weighted by Gasteiger charge is -2.18. The first kappa shape index (κ1) is 11.6. The van der Waals surface area contributed by atoms with Gasteiger partial charge in [-0.05, 0) is 47.8 Å². The van der Waals surface area contributed by atoms with Crippen molar-refractivity contribution >= 4 is 11.3 Å². The van der Waals surface area contributed by atoms with E-state index in [1.54, 1.807) is 11.3 Å². The van der Waals surface area contributed by atoms with E-state index in [0.717, 1.165) is 18.0 Å². The number of thiophene rings is 1. The predicted octanol–water partition coefficient (Wildman–Crippen LogP) is 2.91. The predicted molar refractivity (Wildman–Crippen MR) is 73.5 cm³/mol. The highest BCUT2D eigenvalue weighted by molar-refractivity contribution is 7.13. The molecule has 0 unspecified atom stereocenters. The van der Waals surface area contributed by atoms with E-state index >= 15 is 0 Å². The summed E-state index contributed by atoms with van der Waals surface area (Å²) in [4.78, 5) is 1.26. The summed E-state index contributed by atoms with van der Waals surface area (Å²) in [6.07, 6.45) is 0. The quantitative estimate of drug-likeness (QED) is 0.921. The maximum Gasteiger partial charge on any atom is 0.162 e. The van der Waals surface area contributed by atoms with Crippen molar-refractivity contribution in [1.29, 1.82) is 0 Å². The van der Waals surface area contributed by atoms with Crippen LogP contribution in [0.3, 0.4) is 0 Å². The van der Waals surface area contributed by atoms with Gasteiger partial charge < -0.3 is 14.8 Å². The highest BCUT2D eigenvalue weighted by atomic mass is 32.1. The number of fused-ring (bicyclic) bond motifs is 1. The van der Waals surface area contributed by atoms with Crippen molar-refractivity contribution in [3.8, 4) is 21.9 Å². The summed E-state index contributed by atoms with van der Waals surface area (Å²) in [6, 6.07) is 8.35. The van der Waals surface area contributed by atoms with Crippen LogP contribution in [0.25, 0.3) is 10.4 Å². The van der Waals surface area contributed by atoms with Crippen molar-refractivity contribution in [2.75, 3.05) is 20.3 Å². The van der Waals surface area contributed by atoms with Gasteiger partial charge in [0.15, 0.2) is 11.5 Å². The molecule has 0 aliphatic carbocycles. The van der Waals surface area contributed by atoms with Crippen LogP contribution in [0.2, 0.25) is 0 Å². The Morgan fingerprint density at radius 1 is 1.17 bits per heavy atom. The molecule has 1 N–H and O–H groups in total. The maximum atomic E-state index is 5.61. The normalized spacial score (nSPS) is 13.6. The van der Waals surface area contributed by atoms with Crippen LogP contribution in [0.5, 0.6) is 11.5 Å². The molecule has 2 heterocycles. The largest absolute Gasteiger partial charge is 0.486 e. The van der Waals surface area contributed by atoms with Crippen molar-refractivity contribution in [3.63, 3.8) is 0 Å². The van der Waals surface area contributed by atoms with Crippen molar-refractivity contribution in [2.45, 2.75) is 6.54 Å². The molecule has 2 aromatic rings. The standard InChI is InChI=1S/C14H15NO2S/c1-15-8-10-6-14(18-9-10)11-2-3-12-13(7-11)17-5-4-16-12/h2-3,6-7,9,15H,4-5,8H2,1H3. The van der Waals surface area contributed by atoms with Gasteiger partial charge in [-0.15, -0.1) is 11.3 Å². The van der Waals surface area contributed by atoms with Crippen LogP contribution in [-0.2, 0) is 6.54 Å². The Labute approximate surface area is 110 Å². The Bertz CT molecular complexity index is 550. The molecular formula is C14H15NO2S. The lowest BCUT2D eigenvalue weighted by Crippen LogP contribution is -2.15. The number of nitrogens with one attached hydrogen (secondary N) is 1. The van der Waals surface area contributed by atoms with Crippen molar-refractivity contribution in [3.05, 3.63) is 35.2 Å². The van der Waals surface area contributed by atoms with Crippen molar-refractivity contribution < 1.29 is 9.47 Å². The molecule has 4 heteroatoms. The minimum atomic E-state index is 0.631. The third-order valence-electron chi connectivity index (χ3n) is 2.86. The Hall–Kier alpha value is -1.52. The lowest BCUT2D eigenvalue weighted by atomic mass is 10.1. The van der Waals surface area contributed by atoms with Gasteiger partial charge in [0.1, 0.15) is 13.2 Å². The zero-order chi connectivity index (χ0) is 12.4. The fourth-order valence-electron chi connectivity index (χ4n) is 2.02. The SMILES string of the molecule is CNCc1csc(-c2ccc3c(c2)OCCO3)c1. The Morgan fingerprint density at radius 3 is 2.83 bits per heavy atom. The van der Waals surface area contributed by atoms with E-state index in [9.17, 15) is 0 Å². The average molecular weight is 261 g/mol. The molecule has 1 aromatic carbocycles. The molecule has 1 aliphatic rings. The molecular weight excluding hydrogens is 246 g/mol. The highest BCUT2D eigenvalue weighted by Crippen LogP contribution is 2.36. The molecule has 0 amide bonds. The summed E-state index contributed by atoms with van der Waals surface area (Å²) in [5, 5.41) is 5.34. The average Bonchev–Trinajstić information content (AvgIpc) is 2.87. The first-order valence-corrected chi connectivity index (χ1v) is 6.87. The van der Waals surface area contributed by atoms with Crippen LogP contribution in [0.15, 0.2) is 29.6 Å². The minimum absolute atomic E-state index is 0.631. The van der Waals surface area contributed by atoms with Crippen LogP contribution < -0.4 is 14.8 Å². The summed E-state index contributed by atoms with van der Waals surface area (Å²) in [7, 11) is 1.96. The van der Waals surface area contributed by atoms with Gasteiger partial charge in [-0.1, -0.05) is 0 Å². The second-order valence-corrected chi connectivity index (χ2v) is 5.12. The summed E-state index contributed by atoms with van der Waals surface area (Å²) >= 11 is 1.76. The molecule has 1 aromatic heterocycles. The highest BCUT2D eigenvalue weighted by Gasteiger charge is 2.13. The molecule has 0 spiro atoms. The number of hydrogen-bond donors (Lipinski definition) is 1. The second-order valence-electron chi connectivity index (χ2n) is 4.21. The van der Waals surface area contributed by atoms with E-state index in [-0.39, 0.29) is 0 Å². The second kappa shape index (κ2) is 5.00. The zero-order valence-electron chi connectivity index (χ0n) is 10.2. The van der Waals surface area contributed by atoms with Gasteiger partial charge in [0.25, 0.3) is 0 Å². The molecule has 1 aliphatic heterocycles. The van der Waals surface area contributed by atoms with Crippen LogP contribution >= 0.6 is 11.3 Å².